The van der Waals surface area contributed by atoms with Gasteiger partial charge in [0, 0.05) is 22.4 Å². The third kappa shape index (κ3) is 1.59. The Morgan fingerprint density at radius 1 is 0.889 bits per heavy atom. The standard InChI is InChI=1S/C13H8F3NO/c14-13(15,16)7-1-4-11-10(5-7)9-3-2-8(18)6-12(9)17-11/h1-6,17-18H. The van der Waals surface area contributed by atoms with Gasteiger partial charge >= 0.3 is 6.18 Å². The number of aromatic nitrogens is 1. The zero-order chi connectivity index (χ0) is 12.9. The van der Waals surface area contributed by atoms with Crippen LogP contribution in [0.4, 0.5) is 13.2 Å². The van der Waals surface area contributed by atoms with Crippen molar-refractivity contribution in [3.05, 3.63) is 42.0 Å². The second-order valence-electron chi connectivity index (χ2n) is 4.11. The molecule has 3 aromatic rings. The fraction of sp³-hybridized carbons (Fsp3) is 0.0769. The molecule has 0 atom stereocenters. The van der Waals surface area contributed by atoms with Crippen molar-refractivity contribution < 1.29 is 18.3 Å². The first-order valence-corrected chi connectivity index (χ1v) is 5.27. The lowest BCUT2D eigenvalue weighted by Crippen LogP contribution is -2.03. The summed E-state index contributed by atoms with van der Waals surface area (Å²) in [7, 11) is 0. The van der Waals surface area contributed by atoms with Crippen molar-refractivity contribution in [2.24, 2.45) is 0 Å². The first-order chi connectivity index (χ1) is 8.45. The topological polar surface area (TPSA) is 36.0 Å². The third-order valence-electron chi connectivity index (χ3n) is 2.91. The van der Waals surface area contributed by atoms with Gasteiger partial charge in [0.15, 0.2) is 0 Å². The van der Waals surface area contributed by atoms with Gasteiger partial charge in [-0.05, 0) is 30.3 Å². The summed E-state index contributed by atoms with van der Waals surface area (Å²) < 4.78 is 37.9. The van der Waals surface area contributed by atoms with E-state index in [1.165, 1.54) is 18.2 Å². The average Bonchev–Trinajstić information content (AvgIpc) is 2.63. The summed E-state index contributed by atoms with van der Waals surface area (Å²) in [6, 6.07) is 8.10. The van der Waals surface area contributed by atoms with Crippen molar-refractivity contribution >= 4 is 21.8 Å². The average molecular weight is 251 g/mol. The van der Waals surface area contributed by atoms with Gasteiger partial charge in [-0.15, -0.1) is 0 Å². The zero-order valence-corrected chi connectivity index (χ0v) is 9.05. The number of alkyl halides is 3. The number of hydrogen-bond acceptors (Lipinski definition) is 1. The van der Waals surface area contributed by atoms with Crippen LogP contribution in [0.25, 0.3) is 21.8 Å². The van der Waals surface area contributed by atoms with Crippen LogP contribution in [-0.4, -0.2) is 10.1 Å². The molecular weight excluding hydrogens is 243 g/mol. The van der Waals surface area contributed by atoms with E-state index >= 15 is 0 Å². The van der Waals surface area contributed by atoms with Crippen LogP contribution in [-0.2, 0) is 6.18 Å². The van der Waals surface area contributed by atoms with E-state index in [1.54, 1.807) is 6.07 Å². The Hall–Kier alpha value is -2.17. The Morgan fingerprint density at radius 2 is 1.67 bits per heavy atom. The summed E-state index contributed by atoms with van der Waals surface area (Å²) in [6.07, 6.45) is -4.35. The van der Waals surface area contributed by atoms with Gasteiger partial charge in [0.2, 0.25) is 0 Å². The second kappa shape index (κ2) is 3.41. The van der Waals surface area contributed by atoms with Gasteiger partial charge in [-0.2, -0.15) is 13.2 Å². The molecule has 5 heteroatoms. The lowest BCUT2D eigenvalue weighted by atomic mass is 10.1. The van der Waals surface area contributed by atoms with Crippen molar-refractivity contribution in [3.63, 3.8) is 0 Å². The van der Waals surface area contributed by atoms with Crippen LogP contribution in [0, 0.1) is 0 Å². The molecule has 0 aliphatic heterocycles. The molecule has 0 unspecified atom stereocenters. The minimum absolute atomic E-state index is 0.0742. The largest absolute Gasteiger partial charge is 0.508 e. The fourth-order valence-corrected chi connectivity index (χ4v) is 2.07. The maximum atomic E-state index is 12.6. The number of H-pyrrole nitrogens is 1. The Kier molecular flexibility index (Phi) is 2.08. The quantitative estimate of drug-likeness (QED) is 0.621. The fourth-order valence-electron chi connectivity index (χ4n) is 2.07. The summed E-state index contributed by atoms with van der Waals surface area (Å²) in [5.74, 6) is 0.0742. The summed E-state index contributed by atoms with van der Waals surface area (Å²) >= 11 is 0. The molecule has 0 radical (unpaired) electrons. The Bertz CT molecular complexity index is 743. The molecule has 0 amide bonds. The molecular formula is C13H8F3NO. The highest BCUT2D eigenvalue weighted by Gasteiger charge is 2.30. The molecule has 2 N–H and O–H groups in total. The van der Waals surface area contributed by atoms with Crippen molar-refractivity contribution in [1.82, 2.24) is 4.98 Å². The van der Waals surface area contributed by atoms with Gasteiger partial charge in [-0.3, -0.25) is 0 Å². The lowest BCUT2D eigenvalue weighted by molar-refractivity contribution is -0.137. The van der Waals surface area contributed by atoms with Crippen LogP contribution in [0.3, 0.4) is 0 Å². The minimum atomic E-state index is -4.35. The first-order valence-electron chi connectivity index (χ1n) is 5.27. The normalized spacial score (nSPS) is 12.4. The molecule has 3 rings (SSSR count). The summed E-state index contributed by atoms with van der Waals surface area (Å²) in [4.78, 5) is 2.97. The van der Waals surface area contributed by atoms with Crippen molar-refractivity contribution in [2.75, 3.05) is 0 Å². The molecule has 2 aromatic carbocycles. The number of rotatable bonds is 0. The molecule has 92 valence electrons. The number of fused-ring (bicyclic) bond motifs is 3. The Balaban J connectivity index is 2.36. The van der Waals surface area contributed by atoms with Crippen LogP contribution in [0.15, 0.2) is 36.4 Å². The molecule has 0 saturated heterocycles. The molecule has 2 nitrogen and oxygen atoms in total. The van der Waals surface area contributed by atoms with Gasteiger partial charge < -0.3 is 10.1 Å². The summed E-state index contributed by atoms with van der Waals surface area (Å²) in [6.45, 7) is 0. The monoisotopic (exact) mass is 251 g/mol. The summed E-state index contributed by atoms with van der Waals surface area (Å²) in [5, 5.41) is 10.5. The highest BCUT2D eigenvalue weighted by molar-refractivity contribution is 6.07. The molecule has 18 heavy (non-hydrogen) atoms. The molecule has 1 aromatic heterocycles. The molecule has 1 heterocycles. The highest BCUT2D eigenvalue weighted by atomic mass is 19.4. The smallest absolute Gasteiger partial charge is 0.416 e. The third-order valence-corrected chi connectivity index (χ3v) is 2.91. The van der Waals surface area contributed by atoms with Crippen molar-refractivity contribution in [3.8, 4) is 5.75 Å². The molecule has 0 aliphatic rings. The summed E-state index contributed by atoms with van der Waals surface area (Å²) in [5.41, 5.74) is 0.553. The number of phenolic OH excluding ortho intramolecular Hbond substituents is 1. The Morgan fingerprint density at radius 3 is 2.39 bits per heavy atom. The minimum Gasteiger partial charge on any atom is -0.508 e. The second-order valence-corrected chi connectivity index (χ2v) is 4.11. The maximum absolute atomic E-state index is 12.6. The first kappa shape index (κ1) is 11.0. The van der Waals surface area contributed by atoms with E-state index in [-0.39, 0.29) is 5.75 Å². The molecule has 0 aliphatic carbocycles. The zero-order valence-electron chi connectivity index (χ0n) is 9.05. The van der Waals surface area contributed by atoms with Gasteiger partial charge in [-0.1, -0.05) is 0 Å². The van der Waals surface area contributed by atoms with E-state index in [2.05, 4.69) is 4.98 Å². The maximum Gasteiger partial charge on any atom is 0.416 e. The van der Waals surface area contributed by atoms with Crippen molar-refractivity contribution in [2.45, 2.75) is 6.18 Å². The van der Waals surface area contributed by atoms with Gasteiger partial charge in [0.1, 0.15) is 5.75 Å². The van der Waals surface area contributed by atoms with Gasteiger partial charge in [0.05, 0.1) is 11.1 Å². The van der Waals surface area contributed by atoms with E-state index in [4.69, 9.17) is 0 Å². The highest BCUT2D eigenvalue weighted by Crippen LogP contribution is 2.34. The number of aromatic amines is 1. The van der Waals surface area contributed by atoms with Crippen LogP contribution in [0.5, 0.6) is 5.75 Å². The molecule has 0 spiro atoms. The Labute approximate surface area is 99.7 Å². The van der Waals surface area contributed by atoms with E-state index in [1.807, 2.05) is 0 Å². The van der Waals surface area contributed by atoms with Crippen LogP contribution in [0.2, 0.25) is 0 Å². The molecule has 0 fully saturated rings. The number of aromatic hydroxyl groups is 1. The van der Waals surface area contributed by atoms with Gasteiger partial charge in [-0.25, -0.2) is 0 Å². The molecule has 0 saturated carbocycles. The van der Waals surface area contributed by atoms with E-state index in [0.29, 0.717) is 21.8 Å². The number of hydrogen-bond donors (Lipinski definition) is 2. The van der Waals surface area contributed by atoms with Crippen LogP contribution in [0.1, 0.15) is 5.56 Å². The number of halogens is 3. The number of phenols is 1. The number of nitrogens with one attached hydrogen (secondary N) is 1. The van der Waals surface area contributed by atoms with E-state index in [9.17, 15) is 18.3 Å². The SMILES string of the molecule is Oc1ccc2c(c1)[nH]c1ccc(C(F)(F)F)cc12. The number of benzene rings is 2. The van der Waals surface area contributed by atoms with Crippen LogP contribution < -0.4 is 0 Å². The van der Waals surface area contributed by atoms with E-state index < -0.39 is 11.7 Å². The van der Waals surface area contributed by atoms with Gasteiger partial charge in [0.25, 0.3) is 0 Å². The molecule has 0 bridgehead atoms. The predicted molar refractivity (Wildman–Crippen MR) is 62.5 cm³/mol. The van der Waals surface area contributed by atoms with Crippen LogP contribution >= 0.6 is 0 Å². The van der Waals surface area contributed by atoms with E-state index in [0.717, 1.165) is 12.1 Å². The van der Waals surface area contributed by atoms with Crippen molar-refractivity contribution in [1.29, 1.82) is 0 Å². The predicted octanol–water partition coefficient (Wildman–Crippen LogP) is 4.05. The lowest BCUT2D eigenvalue weighted by Gasteiger charge is -2.05.